The van der Waals surface area contributed by atoms with Gasteiger partial charge in [-0.2, -0.15) is 0 Å². The molecule has 0 aliphatic heterocycles. The quantitative estimate of drug-likeness (QED) is 0.909. The van der Waals surface area contributed by atoms with E-state index in [1.54, 1.807) is 0 Å². The summed E-state index contributed by atoms with van der Waals surface area (Å²) in [5.41, 5.74) is 11.9. The molecule has 2 aromatic rings. The number of nitrogens with two attached hydrogens (primary N) is 1. The van der Waals surface area contributed by atoms with Crippen LogP contribution in [0.3, 0.4) is 0 Å². The Balaban J connectivity index is 1.75. The van der Waals surface area contributed by atoms with E-state index in [1.807, 2.05) is 12.1 Å². The highest BCUT2D eigenvalue weighted by molar-refractivity contribution is 5.76. The van der Waals surface area contributed by atoms with Gasteiger partial charge in [0.15, 0.2) is 0 Å². The summed E-state index contributed by atoms with van der Waals surface area (Å²) in [7, 11) is 0. The zero-order valence-corrected chi connectivity index (χ0v) is 12.8. The number of carboxylic acid groups (broad SMARTS) is 1. The molecule has 2 aliphatic carbocycles. The van der Waals surface area contributed by atoms with Crippen LogP contribution in [0.2, 0.25) is 0 Å². The molecule has 1 unspecified atom stereocenters. The fraction of sp³-hybridized carbons (Fsp3) is 0.250. The summed E-state index contributed by atoms with van der Waals surface area (Å²) in [6.45, 7) is 0.533. The van der Waals surface area contributed by atoms with Crippen LogP contribution in [0.15, 0.2) is 48.5 Å². The minimum absolute atomic E-state index is 0.152. The van der Waals surface area contributed by atoms with Crippen molar-refractivity contribution in [3.05, 3.63) is 76.4 Å². The Morgan fingerprint density at radius 1 is 1.09 bits per heavy atom. The van der Waals surface area contributed by atoms with E-state index in [1.165, 1.54) is 22.3 Å². The standard InChI is InChI=1S/C20H19NO2/c21-11-12-4-3-7-14-13(12)8-9-17(14)15-5-1-2-6-16(15)18-10-19(18)20(22)23/h1-9,17-19H,10-11,21H2,(H,22,23)/t17?,18-,19+/m1/s1. The van der Waals surface area contributed by atoms with Crippen molar-refractivity contribution in [1.82, 2.24) is 0 Å². The molecular formula is C20H19NO2. The number of carbonyl (C=O) groups is 1. The Bertz CT molecular complexity index is 809. The fourth-order valence-electron chi connectivity index (χ4n) is 3.80. The molecule has 23 heavy (non-hydrogen) atoms. The van der Waals surface area contributed by atoms with Gasteiger partial charge in [0.2, 0.25) is 0 Å². The molecule has 0 spiro atoms. The van der Waals surface area contributed by atoms with Gasteiger partial charge in [0, 0.05) is 12.5 Å². The van der Waals surface area contributed by atoms with E-state index in [9.17, 15) is 9.90 Å². The highest BCUT2D eigenvalue weighted by Crippen LogP contribution is 2.51. The van der Waals surface area contributed by atoms with Gasteiger partial charge in [-0.25, -0.2) is 0 Å². The maximum Gasteiger partial charge on any atom is 0.307 e. The number of carboxylic acids is 1. The summed E-state index contributed by atoms with van der Waals surface area (Å²) in [6, 6.07) is 14.5. The molecule has 2 aromatic carbocycles. The van der Waals surface area contributed by atoms with Gasteiger partial charge < -0.3 is 10.8 Å². The lowest BCUT2D eigenvalue weighted by atomic mass is 9.87. The van der Waals surface area contributed by atoms with Crippen LogP contribution in [0.5, 0.6) is 0 Å². The second kappa shape index (κ2) is 5.36. The average Bonchev–Trinajstić information content (AvgIpc) is 3.27. The number of allylic oxidation sites excluding steroid dienone is 1. The molecule has 3 nitrogen and oxygen atoms in total. The van der Waals surface area contributed by atoms with Crippen LogP contribution in [0.25, 0.3) is 6.08 Å². The Hall–Kier alpha value is -2.39. The number of benzene rings is 2. The van der Waals surface area contributed by atoms with Gasteiger partial charge in [0.1, 0.15) is 0 Å². The minimum Gasteiger partial charge on any atom is -0.481 e. The molecule has 0 bridgehead atoms. The summed E-state index contributed by atoms with van der Waals surface area (Å²) in [5.74, 6) is -0.560. The van der Waals surface area contributed by atoms with Crippen molar-refractivity contribution in [2.45, 2.75) is 24.8 Å². The first-order valence-corrected chi connectivity index (χ1v) is 8.02. The number of hydrogen-bond donors (Lipinski definition) is 2. The summed E-state index contributed by atoms with van der Waals surface area (Å²) in [5, 5.41) is 9.24. The van der Waals surface area contributed by atoms with Gasteiger partial charge in [0.05, 0.1) is 5.92 Å². The number of fused-ring (bicyclic) bond motifs is 1. The van der Waals surface area contributed by atoms with Gasteiger partial charge in [0.25, 0.3) is 0 Å². The van der Waals surface area contributed by atoms with Gasteiger partial charge in [-0.15, -0.1) is 0 Å². The highest BCUT2D eigenvalue weighted by Gasteiger charge is 2.45. The predicted octanol–water partition coefficient (Wildman–Crippen LogP) is 3.49. The van der Waals surface area contributed by atoms with E-state index in [2.05, 4.69) is 42.5 Å². The maximum atomic E-state index is 11.2. The molecule has 0 aromatic heterocycles. The van der Waals surface area contributed by atoms with Gasteiger partial charge in [-0.1, -0.05) is 54.6 Å². The lowest BCUT2D eigenvalue weighted by Crippen LogP contribution is -2.05. The van der Waals surface area contributed by atoms with E-state index in [0.717, 1.165) is 12.0 Å². The van der Waals surface area contributed by atoms with Crippen LogP contribution in [0.4, 0.5) is 0 Å². The second-order valence-corrected chi connectivity index (χ2v) is 6.38. The fourth-order valence-corrected chi connectivity index (χ4v) is 3.80. The molecule has 0 saturated heterocycles. The second-order valence-electron chi connectivity index (χ2n) is 6.38. The van der Waals surface area contributed by atoms with E-state index < -0.39 is 5.97 Å². The molecule has 3 heteroatoms. The molecular weight excluding hydrogens is 286 g/mol. The minimum atomic E-state index is -0.683. The van der Waals surface area contributed by atoms with Gasteiger partial charge >= 0.3 is 5.97 Å². The molecule has 3 N–H and O–H groups in total. The Morgan fingerprint density at radius 2 is 1.83 bits per heavy atom. The Kier molecular flexibility index (Phi) is 3.31. The zero-order chi connectivity index (χ0) is 16.0. The smallest absolute Gasteiger partial charge is 0.307 e. The van der Waals surface area contributed by atoms with Crippen LogP contribution in [-0.4, -0.2) is 11.1 Å². The number of aliphatic carboxylic acids is 1. The summed E-state index contributed by atoms with van der Waals surface area (Å²) < 4.78 is 0. The molecule has 1 fully saturated rings. The van der Waals surface area contributed by atoms with E-state index >= 15 is 0 Å². The first-order chi connectivity index (χ1) is 11.2. The van der Waals surface area contributed by atoms with Crippen molar-refractivity contribution in [2.24, 2.45) is 11.7 Å². The van der Waals surface area contributed by atoms with Crippen molar-refractivity contribution in [3.8, 4) is 0 Å². The van der Waals surface area contributed by atoms with Crippen LogP contribution in [0, 0.1) is 5.92 Å². The third-order valence-electron chi connectivity index (χ3n) is 5.08. The highest BCUT2D eigenvalue weighted by atomic mass is 16.4. The van der Waals surface area contributed by atoms with Crippen molar-refractivity contribution in [3.63, 3.8) is 0 Å². The van der Waals surface area contributed by atoms with Crippen molar-refractivity contribution in [1.29, 1.82) is 0 Å². The largest absolute Gasteiger partial charge is 0.481 e. The molecule has 0 heterocycles. The van der Waals surface area contributed by atoms with Crippen molar-refractivity contribution >= 4 is 12.0 Å². The molecule has 116 valence electrons. The first kappa shape index (κ1) is 14.2. The van der Waals surface area contributed by atoms with Crippen LogP contribution in [0.1, 0.15) is 46.1 Å². The van der Waals surface area contributed by atoms with Crippen LogP contribution >= 0.6 is 0 Å². The average molecular weight is 305 g/mol. The monoisotopic (exact) mass is 305 g/mol. The van der Waals surface area contributed by atoms with E-state index in [4.69, 9.17) is 5.73 Å². The summed E-state index contributed by atoms with van der Waals surface area (Å²) in [6.07, 6.45) is 5.11. The van der Waals surface area contributed by atoms with Crippen molar-refractivity contribution < 1.29 is 9.90 Å². The lowest BCUT2D eigenvalue weighted by Gasteiger charge is -2.17. The summed E-state index contributed by atoms with van der Waals surface area (Å²) in [4.78, 5) is 11.2. The Labute approximate surface area is 135 Å². The molecule has 2 aliphatic rings. The maximum absolute atomic E-state index is 11.2. The number of rotatable bonds is 4. The topological polar surface area (TPSA) is 63.3 Å². The molecule has 0 radical (unpaired) electrons. The van der Waals surface area contributed by atoms with E-state index in [0.29, 0.717) is 6.54 Å². The molecule has 0 amide bonds. The van der Waals surface area contributed by atoms with Crippen LogP contribution < -0.4 is 5.73 Å². The van der Waals surface area contributed by atoms with Crippen LogP contribution in [-0.2, 0) is 11.3 Å². The summed E-state index contributed by atoms with van der Waals surface area (Å²) >= 11 is 0. The third kappa shape index (κ3) is 2.28. The Morgan fingerprint density at radius 3 is 2.52 bits per heavy atom. The molecule has 1 saturated carbocycles. The lowest BCUT2D eigenvalue weighted by molar-refractivity contribution is -0.138. The third-order valence-corrected chi connectivity index (χ3v) is 5.08. The molecule has 3 atom stereocenters. The SMILES string of the molecule is NCc1cccc2c1C=CC2c1ccccc1[C@H]1C[C@@H]1C(=O)O. The van der Waals surface area contributed by atoms with E-state index in [-0.39, 0.29) is 17.8 Å². The first-order valence-electron chi connectivity index (χ1n) is 8.02. The van der Waals surface area contributed by atoms with Crippen molar-refractivity contribution in [2.75, 3.05) is 0 Å². The predicted molar refractivity (Wildman–Crippen MR) is 90.1 cm³/mol. The molecule has 4 rings (SSSR count). The van der Waals surface area contributed by atoms with Gasteiger partial charge in [-0.05, 0) is 40.2 Å². The van der Waals surface area contributed by atoms with Gasteiger partial charge in [-0.3, -0.25) is 4.79 Å². The zero-order valence-electron chi connectivity index (χ0n) is 12.8. The normalized spacial score (nSPS) is 24.5. The number of hydrogen-bond acceptors (Lipinski definition) is 2.